The number of phenolic OH excluding ortho intramolecular Hbond substituents is 1. The summed E-state index contributed by atoms with van der Waals surface area (Å²) < 4.78 is 27.1. The Bertz CT molecular complexity index is 7370. The number of carbonyl (C=O) groups is 5. The van der Waals surface area contributed by atoms with Crippen LogP contribution in [0.15, 0.2) is 206 Å². The van der Waals surface area contributed by atoms with Gasteiger partial charge in [0.1, 0.15) is 17.4 Å². The van der Waals surface area contributed by atoms with Crippen molar-refractivity contribution in [3.63, 3.8) is 0 Å². The van der Waals surface area contributed by atoms with E-state index in [2.05, 4.69) is 91.9 Å². The van der Waals surface area contributed by atoms with E-state index in [0.717, 1.165) is 235 Å². The van der Waals surface area contributed by atoms with E-state index in [1.165, 1.54) is 130 Å². The van der Waals surface area contributed by atoms with Crippen molar-refractivity contribution in [1.29, 1.82) is 0 Å². The highest BCUT2D eigenvalue weighted by molar-refractivity contribution is 5.95. The Morgan fingerprint density at radius 2 is 0.796 bits per heavy atom. The van der Waals surface area contributed by atoms with Crippen LogP contribution in [0, 0.1) is 23.5 Å². The second-order valence-corrected chi connectivity index (χ2v) is 42.0. The van der Waals surface area contributed by atoms with Crippen molar-refractivity contribution in [1.82, 2.24) is 73.9 Å². The number of halogens is 2. The number of nitrogens with two attached hydrogens (primary N) is 1. The maximum Gasteiger partial charge on any atom is 0.256 e. The van der Waals surface area contributed by atoms with E-state index in [9.17, 15) is 61.8 Å². The number of aromatic nitrogens is 5. The number of piperidine rings is 3. The summed E-state index contributed by atoms with van der Waals surface area (Å²) in [4.78, 5) is 163. The van der Waals surface area contributed by atoms with Crippen LogP contribution in [0.3, 0.4) is 0 Å². The number of amides is 5. The minimum Gasteiger partial charge on any atom is -0.508 e. The van der Waals surface area contributed by atoms with Crippen molar-refractivity contribution in [2.75, 3.05) is 111 Å². The second-order valence-electron chi connectivity index (χ2n) is 42.0. The molecule has 1 saturated carbocycles. The van der Waals surface area contributed by atoms with Crippen LogP contribution in [0.1, 0.15) is 185 Å². The fourth-order valence-electron chi connectivity index (χ4n) is 24.7. The lowest BCUT2D eigenvalue weighted by molar-refractivity contribution is -0.134. The summed E-state index contributed by atoms with van der Waals surface area (Å²) in [6, 6.07) is 55.1. The number of phenols is 1. The number of hydrogen-bond donors (Lipinski definition) is 7. The number of hydrogen-bond acceptors (Lipinski definition) is 17. The van der Waals surface area contributed by atoms with E-state index < -0.39 is 17.7 Å². The minimum absolute atomic E-state index is 0.0118. The van der Waals surface area contributed by atoms with Crippen molar-refractivity contribution >= 4 is 83.4 Å². The monoisotopic (exact) mass is 1990 g/mol. The van der Waals surface area contributed by atoms with Crippen LogP contribution in [0.4, 0.5) is 8.78 Å². The number of nitrogens with zero attached hydrogens (tertiary/aromatic N) is 10. The number of pyridine rings is 5. The number of carbonyl (C=O) groups excluding carboxylic acids is 5. The molecule has 8 aromatic carbocycles. The Morgan fingerprint density at radius 3 is 1.36 bits per heavy atom. The largest absolute Gasteiger partial charge is 0.508 e. The predicted octanol–water partition coefficient (Wildman–Crippen LogP) is 14.2. The number of rotatable bonds is 16. The smallest absolute Gasteiger partial charge is 0.256 e. The highest BCUT2D eigenvalue weighted by Crippen LogP contribution is 2.39. The van der Waals surface area contributed by atoms with Gasteiger partial charge in [0.2, 0.25) is 23.6 Å². The van der Waals surface area contributed by atoms with Gasteiger partial charge in [0.15, 0.2) is 0 Å². The molecular weight excluding hydrogens is 1860 g/mol. The molecule has 1 atom stereocenters. The number of fused-ring (bicyclic) bond motifs is 16. The number of aromatic hydroxyl groups is 1. The molecule has 147 heavy (non-hydrogen) atoms. The SMILES string of the molecule is N[C@H](Cc1ccc(O)cc1)C(=O)N1CCc2c([nH]c(=O)c3ccccc23)C1.O=C(CCN1CCCCC1)N1CCc2[nH]c(=O)c3cc(F)ccc3c2C1.O=C(CCN1CCc2ccccc2C1)N1CCc2[nH]c(=O)c3cc(F)ccc3c2C1.O=C(CN1CCC(C2CCCC2)CC1)N1CCc2c([nH]c(=O)c3ccccc23)C1.O=C(c1cccc(CN2CCc3c([nH]c(=O)c4ccccc34)C2)c1)N1CCC(N2CCCC2)CC1. The molecule has 0 radical (unpaired) electrons. The molecule has 15 heterocycles. The average molecular weight is 1990 g/mol. The maximum atomic E-state index is 13.6. The molecule has 10 aliphatic heterocycles. The first-order valence-corrected chi connectivity index (χ1v) is 53.4. The summed E-state index contributed by atoms with van der Waals surface area (Å²) in [5, 5.41) is 16.8. The van der Waals surface area contributed by atoms with Crippen molar-refractivity contribution in [3.8, 4) is 5.75 Å². The van der Waals surface area contributed by atoms with Gasteiger partial charge in [-0.2, -0.15) is 0 Å². The molecule has 11 aliphatic rings. The topological polar surface area (TPSA) is 328 Å². The molecule has 5 fully saturated rings. The average Bonchev–Trinajstić information content (AvgIpc) is 1.19. The number of benzene rings is 8. The standard InChI is InChI=1S/C29H34N4O2.C24H24FN3O2.C24H31N3O2.C21H21N3O3.C20H24FN3O2/c34-28-26-9-2-1-8-24(26)25-12-15-31(20-27(25)30-28)19-21-6-5-7-22(18-21)29(35)33-16-10-23(11-17-33)32-13-3-4-14-32;25-18-5-6-19-20(13-18)24(30)26-22-8-12-28(15-21(19)22)23(29)9-11-27-10-7-16-3-1-2-4-17(16)14-27;28-23(16-26-12-9-18(10-13-26)17-5-1-2-6-17)27-14-11-20-19-7-3-4-8-21(19)24(29)25-22(20)15-27;22-18(11-13-5-7-14(25)8-6-13)21(27)24-10-9-16-15-3-1-2-4-17(15)20(26)23-19(16)12-24;21-14-4-5-15-16(12-14)20(26)22-18-6-11-24(13-17(15)18)19(25)7-10-23-8-2-1-3-9-23/h1-2,5-9,18,23H,3-4,10-17,19-20H2,(H,30,34);1-6,13H,7-12,14-15H2,(H,26,30);3-4,7-8,17-18H,1-2,5-6,9-16H2,(H,25,29);1-8,18,25H,9-12,22H2,(H,23,26);4-5,12H,1-3,6-11,13H2,(H,22,26)/t;;;18-;/m...1./s1. The molecule has 0 bridgehead atoms. The quantitative estimate of drug-likeness (QED) is 0.0472. The van der Waals surface area contributed by atoms with E-state index in [4.69, 9.17) is 5.73 Å². The Kier molecular flexibility index (Phi) is 31.5. The highest BCUT2D eigenvalue weighted by atomic mass is 19.1. The molecule has 29 heteroatoms. The van der Waals surface area contributed by atoms with Crippen LogP contribution >= 0.6 is 0 Å². The molecule has 27 nitrogen and oxygen atoms in total. The van der Waals surface area contributed by atoms with Crippen molar-refractivity contribution in [2.24, 2.45) is 17.6 Å². The van der Waals surface area contributed by atoms with Crippen LogP contribution < -0.4 is 33.5 Å². The maximum absolute atomic E-state index is 13.6. The van der Waals surface area contributed by atoms with Gasteiger partial charge in [-0.15, -0.1) is 0 Å². The Morgan fingerprint density at radius 1 is 0.340 bits per heavy atom. The number of H-pyrrole nitrogens is 5. The zero-order valence-electron chi connectivity index (χ0n) is 84.0. The van der Waals surface area contributed by atoms with Gasteiger partial charge >= 0.3 is 0 Å². The van der Waals surface area contributed by atoms with Crippen LogP contribution in [-0.4, -0.2) is 232 Å². The second kappa shape index (κ2) is 45.9. The fourth-order valence-corrected chi connectivity index (χ4v) is 24.7. The van der Waals surface area contributed by atoms with E-state index in [0.29, 0.717) is 113 Å². The molecule has 13 aromatic rings. The molecule has 766 valence electrons. The molecule has 5 aromatic heterocycles. The lowest BCUT2D eigenvalue weighted by atomic mass is 9.83. The van der Waals surface area contributed by atoms with Crippen LogP contribution in [0.5, 0.6) is 5.75 Å². The Labute approximate surface area is 853 Å². The zero-order valence-corrected chi connectivity index (χ0v) is 84.0. The number of nitrogens with one attached hydrogen (secondary N) is 5. The Balaban J connectivity index is 0.000000112. The van der Waals surface area contributed by atoms with Gasteiger partial charge in [0, 0.05) is 180 Å². The molecule has 4 saturated heterocycles. The first kappa shape index (κ1) is 101. The molecule has 8 N–H and O–H groups in total. The first-order chi connectivity index (χ1) is 71.6. The van der Waals surface area contributed by atoms with Gasteiger partial charge in [0.05, 0.1) is 36.4 Å². The summed E-state index contributed by atoms with van der Waals surface area (Å²) in [5.74, 6) is 1.65. The normalized spacial score (nSPS) is 18.2. The lowest BCUT2D eigenvalue weighted by Crippen LogP contribution is -2.47. The molecule has 5 amide bonds. The van der Waals surface area contributed by atoms with Gasteiger partial charge in [-0.05, 0) is 278 Å². The third kappa shape index (κ3) is 23.4. The molecule has 0 unspecified atom stereocenters. The Hall–Kier alpha value is -13.4. The fraction of sp³-hybridized carbons (Fsp3) is 0.424. The third-order valence-corrected chi connectivity index (χ3v) is 32.8. The van der Waals surface area contributed by atoms with Crippen molar-refractivity contribution < 1.29 is 37.9 Å². The summed E-state index contributed by atoms with van der Waals surface area (Å²) in [6.07, 6.45) is 22.8. The minimum atomic E-state index is -0.664. The number of likely N-dealkylation sites (tertiary alicyclic amines) is 4. The third-order valence-electron chi connectivity index (χ3n) is 32.8. The lowest BCUT2D eigenvalue weighted by Gasteiger charge is -2.36. The van der Waals surface area contributed by atoms with Gasteiger partial charge in [0.25, 0.3) is 33.7 Å². The van der Waals surface area contributed by atoms with Gasteiger partial charge in [-0.3, -0.25) is 62.6 Å². The van der Waals surface area contributed by atoms with Crippen molar-refractivity contribution in [2.45, 2.75) is 199 Å². The van der Waals surface area contributed by atoms with Crippen LogP contribution in [0.25, 0.3) is 53.9 Å². The van der Waals surface area contributed by atoms with Crippen molar-refractivity contribution in [3.05, 3.63) is 329 Å². The van der Waals surface area contributed by atoms with E-state index in [1.54, 1.807) is 41.3 Å². The molecular formula is C118H134F2N16O11. The van der Waals surface area contributed by atoms with Crippen LogP contribution in [0.2, 0.25) is 0 Å². The first-order valence-electron chi connectivity index (χ1n) is 53.4. The predicted molar refractivity (Wildman–Crippen MR) is 569 cm³/mol. The molecule has 24 rings (SSSR count). The van der Waals surface area contributed by atoms with E-state index in [-0.39, 0.29) is 63.1 Å². The highest BCUT2D eigenvalue weighted by Gasteiger charge is 2.36. The number of aromatic amines is 5. The van der Waals surface area contributed by atoms with Gasteiger partial charge in [-0.1, -0.05) is 147 Å². The van der Waals surface area contributed by atoms with Gasteiger partial charge in [-0.25, -0.2) is 8.78 Å². The van der Waals surface area contributed by atoms with E-state index >= 15 is 0 Å². The van der Waals surface area contributed by atoms with E-state index in [1.807, 2.05) is 98.5 Å². The van der Waals surface area contributed by atoms with Crippen LogP contribution in [-0.2, 0) is 110 Å². The summed E-state index contributed by atoms with van der Waals surface area (Å²) >= 11 is 0. The summed E-state index contributed by atoms with van der Waals surface area (Å²) in [7, 11) is 0. The van der Waals surface area contributed by atoms with Gasteiger partial charge < -0.3 is 70.1 Å². The summed E-state index contributed by atoms with van der Waals surface area (Å²) in [6.45, 7) is 19.2. The molecule has 0 spiro atoms. The molecule has 1 aliphatic carbocycles. The summed E-state index contributed by atoms with van der Waals surface area (Å²) in [5.41, 5.74) is 20.9. The zero-order chi connectivity index (χ0) is 101.